The first-order chi connectivity index (χ1) is 5.04. The number of thiazole rings is 1. The van der Waals surface area contributed by atoms with Crippen LogP contribution in [-0.4, -0.2) is 18.5 Å². The van der Waals surface area contributed by atoms with Crippen LogP contribution >= 0.6 is 11.3 Å². The van der Waals surface area contributed by atoms with E-state index in [2.05, 4.69) is 4.98 Å². The van der Waals surface area contributed by atoms with Gasteiger partial charge in [-0.15, -0.1) is 11.3 Å². The summed E-state index contributed by atoms with van der Waals surface area (Å²) in [6.07, 6.45) is 0. The molecule has 0 fully saturated rings. The van der Waals surface area contributed by atoms with Gasteiger partial charge in [-0.1, -0.05) is 0 Å². The Kier molecular flexibility index (Phi) is 2.23. The summed E-state index contributed by atoms with van der Waals surface area (Å²) in [6.45, 7) is -0.272. The molecule has 1 rings (SSSR count). The molecule has 0 saturated heterocycles. The van der Waals surface area contributed by atoms with Crippen molar-refractivity contribution in [2.24, 2.45) is 5.14 Å². The lowest BCUT2D eigenvalue weighted by atomic mass is 10.5. The zero-order valence-corrected chi connectivity index (χ0v) is 7.02. The molecule has 3 N–H and O–H groups in total. The standard InChI is InChI=1S/C4H6N2O3S2/c5-11(8,9)4-6-3(1-7)2-10-4/h2,7H,1H2,(H2,5,8,9). The second kappa shape index (κ2) is 2.86. The summed E-state index contributed by atoms with van der Waals surface area (Å²) in [5.74, 6) is 0. The maximum absolute atomic E-state index is 10.6. The predicted molar refractivity (Wildman–Crippen MR) is 39.4 cm³/mol. The van der Waals surface area contributed by atoms with Gasteiger partial charge in [0.05, 0.1) is 12.3 Å². The first-order valence-electron chi connectivity index (χ1n) is 2.62. The minimum atomic E-state index is -3.70. The molecular weight excluding hydrogens is 188 g/mol. The van der Waals surface area contributed by atoms with Crippen molar-refractivity contribution in [3.63, 3.8) is 0 Å². The van der Waals surface area contributed by atoms with E-state index in [1.807, 2.05) is 0 Å². The van der Waals surface area contributed by atoms with Gasteiger partial charge < -0.3 is 5.11 Å². The fourth-order valence-electron chi connectivity index (χ4n) is 0.492. The van der Waals surface area contributed by atoms with Crippen molar-refractivity contribution in [1.82, 2.24) is 4.98 Å². The van der Waals surface area contributed by atoms with Crippen LogP contribution in [0.1, 0.15) is 5.69 Å². The molecule has 1 heterocycles. The van der Waals surface area contributed by atoms with E-state index in [-0.39, 0.29) is 10.9 Å². The number of rotatable bonds is 2. The van der Waals surface area contributed by atoms with E-state index in [0.29, 0.717) is 5.69 Å². The van der Waals surface area contributed by atoms with Gasteiger partial charge in [0, 0.05) is 5.38 Å². The third kappa shape index (κ3) is 1.96. The molecule has 0 aromatic carbocycles. The fourth-order valence-corrected chi connectivity index (χ4v) is 1.95. The highest BCUT2D eigenvalue weighted by Gasteiger charge is 2.12. The van der Waals surface area contributed by atoms with Crippen molar-refractivity contribution in [2.75, 3.05) is 0 Å². The molecule has 11 heavy (non-hydrogen) atoms. The lowest BCUT2D eigenvalue weighted by molar-refractivity contribution is 0.277. The van der Waals surface area contributed by atoms with Crippen molar-refractivity contribution in [2.45, 2.75) is 10.9 Å². The van der Waals surface area contributed by atoms with Crippen LogP contribution in [0.2, 0.25) is 0 Å². The summed E-state index contributed by atoms with van der Waals surface area (Å²) in [4.78, 5) is 3.56. The van der Waals surface area contributed by atoms with Crippen LogP contribution in [-0.2, 0) is 16.6 Å². The topological polar surface area (TPSA) is 93.3 Å². The molecule has 0 bridgehead atoms. The summed E-state index contributed by atoms with van der Waals surface area (Å²) in [7, 11) is -3.70. The minimum absolute atomic E-state index is 0.165. The van der Waals surface area contributed by atoms with Gasteiger partial charge in [-0.2, -0.15) is 0 Å². The molecule has 0 aliphatic carbocycles. The number of nitrogens with zero attached hydrogens (tertiary/aromatic N) is 1. The van der Waals surface area contributed by atoms with Crippen molar-refractivity contribution in [3.05, 3.63) is 11.1 Å². The van der Waals surface area contributed by atoms with Gasteiger partial charge in [-0.05, 0) is 0 Å². The van der Waals surface area contributed by atoms with Crippen LogP contribution in [0.25, 0.3) is 0 Å². The Bertz CT molecular complexity index is 342. The number of aliphatic hydroxyl groups excluding tert-OH is 1. The normalized spacial score (nSPS) is 11.8. The first-order valence-corrected chi connectivity index (χ1v) is 5.04. The maximum Gasteiger partial charge on any atom is 0.265 e. The Hall–Kier alpha value is -0.500. The van der Waals surface area contributed by atoms with Crippen molar-refractivity contribution in [1.29, 1.82) is 0 Å². The highest BCUT2D eigenvalue weighted by atomic mass is 32.2. The molecule has 0 amide bonds. The molecule has 0 saturated carbocycles. The average molecular weight is 194 g/mol. The van der Waals surface area contributed by atoms with Gasteiger partial charge in [0.2, 0.25) is 4.34 Å². The highest BCUT2D eigenvalue weighted by Crippen LogP contribution is 2.13. The molecule has 0 atom stereocenters. The monoisotopic (exact) mass is 194 g/mol. The Morgan fingerprint density at radius 1 is 1.73 bits per heavy atom. The number of primary sulfonamides is 1. The molecule has 0 aliphatic rings. The van der Waals surface area contributed by atoms with Gasteiger partial charge in [0.15, 0.2) is 0 Å². The lowest BCUT2D eigenvalue weighted by Crippen LogP contribution is -2.11. The summed E-state index contributed by atoms with van der Waals surface area (Å²) >= 11 is 0.897. The van der Waals surface area contributed by atoms with Crippen LogP contribution in [0.3, 0.4) is 0 Å². The molecule has 0 radical (unpaired) electrons. The van der Waals surface area contributed by atoms with Crippen molar-refractivity contribution >= 4 is 21.4 Å². The van der Waals surface area contributed by atoms with E-state index in [9.17, 15) is 8.42 Å². The van der Waals surface area contributed by atoms with Gasteiger partial charge in [0.1, 0.15) is 0 Å². The summed E-state index contributed by atoms with van der Waals surface area (Å²) in [5, 5.41) is 14.7. The molecule has 1 aromatic rings. The van der Waals surface area contributed by atoms with Crippen LogP contribution < -0.4 is 5.14 Å². The summed E-state index contributed by atoms with van der Waals surface area (Å²) in [6, 6.07) is 0. The van der Waals surface area contributed by atoms with E-state index in [0.717, 1.165) is 11.3 Å². The van der Waals surface area contributed by atoms with E-state index < -0.39 is 10.0 Å². The molecular formula is C4H6N2O3S2. The van der Waals surface area contributed by atoms with Gasteiger partial charge >= 0.3 is 0 Å². The predicted octanol–water partition coefficient (Wildman–Crippen LogP) is -0.717. The average Bonchev–Trinajstić information content (AvgIpc) is 2.32. The lowest BCUT2D eigenvalue weighted by Gasteiger charge is -1.87. The third-order valence-corrected chi connectivity index (χ3v) is 3.18. The zero-order valence-electron chi connectivity index (χ0n) is 5.39. The minimum Gasteiger partial charge on any atom is -0.390 e. The van der Waals surface area contributed by atoms with Crippen molar-refractivity contribution < 1.29 is 13.5 Å². The fraction of sp³-hybridized carbons (Fsp3) is 0.250. The molecule has 5 nitrogen and oxygen atoms in total. The Balaban J connectivity index is 3.09. The molecule has 1 aromatic heterocycles. The molecule has 0 spiro atoms. The zero-order chi connectivity index (χ0) is 8.48. The number of aliphatic hydroxyl groups is 1. The summed E-state index contributed by atoms with van der Waals surface area (Å²) in [5.41, 5.74) is 0.319. The first kappa shape index (κ1) is 8.60. The molecule has 7 heteroatoms. The van der Waals surface area contributed by atoms with E-state index in [1.165, 1.54) is 5.38 Å². The van der Waals surface area contributed by atoms with Crippen LogP contribution in [0.5, 0.6) is 0 Å². The van der Waals surface area contributed by atoms with Crippen LogP contribution in [0.4, 0.5) is 0 Å². The van der Waals surface area contributed by atoms with Gasteiger partial charge in [-0.25, -0.2) is 18.5 Å². The van der Waals surface area contributed by atoms with Gasteiger partial charge in [-0.3, -0.25) is 0 Å². The molecule has 0 unspecified atom stereocenters. The summed E-state index contributed by atoms with van der Waals surface area (Å²) < 4.78 is 21.0. The molecule has 0 aliphatic heterocycles. The largest absolute Gasteiger partial charge is 0.390 e. The van der Waals surface area contributed by atoms with Gasteiger partial charge in [0.25, 0.3) is 10.0 Å². The van der Waals surface area contributed by atoms with E-state index in [1.54, 1.807) is 0 Å². The molecule has 62 valence electrons. The number of hydrogen-bond donors (Lipinski definition) is 2. The smallest absolute Gasteiger partial charge is 0.265 e. The Morgan fingerprint density at radius 3 is 2.64 bits per heavy atom. The quantitative estimate of drug-likeness (QED) is 0.650. The third-order valence-electron chi connectivity index (χ3n) is 0.936. The highest BCUT2D eigenvalue weighted by molar-refractivity contribution is 7.91. The Labute approximate surface area is 67.6 Å². The SMILES string of the molecule is NS(=O)(=O)c1nc(CO)cs1. The van der Waals surface area contributed by atoms with Crippen LogP contribution in [0.15, 0.2) is 9.72 Å². The second-order valence-electron chi connectivity index (χ2n) is 1.81. The Morgan fingerprint density at radius 2 is 2.36 bits per heavy atom. The van der Waals surface area contributed by atoms with Crippen molar-refractivity contribution in [3.8, 4) is 0 Å². The second-order valence-corrected chi connectivity index (χ2v) is 4.40. The van der Waals surface area contributed by atoms with E-state index in [4.69, 9.17) is 10.2 Å². The number of hydrogen-bond acceptors (Lipinski definition) is 5. The van der Waals surface area contributed by atoms with Crippen LogP contribution in [0, 0.1) is 0 Å². The van der Waals surface area contributed by atoms with E-state index >= 15 is 0 Å². The number of sulfonamides is 1. The number of aromatic nitrogens is 1. The maximum atomic E-state index is 10.6. The number of nitrogens with two attached hydrogens (primary N) is 1.